The Morgan fingerprint density at radius 1 is 0.822 bits per heavy atom. The molecule has 4 saturated carbocycles. The maximum Gasteiger partial charge on any atom is 0.373 e. The monoisotopic (exact) mass is 633 g/mol. The Labute approximate surface area is 277 Å². The van der Waals surface area contributed by atoms with Crippen molar-refractivity contribution in [3.05, 3.63) is 11.6 Å². The molecule has 45 heavy (non-hydrogen) atoms. The minimum Gasteiger partial charge on any atom is -0.393 e. The van der Waals surface area contributed by atoms with E-state index < -0.39 is 11.2 Å². The molecule has 0 heterocycles. The van der Waals surface area contributed by atoms with E-state index in [9.17, 15) is 15.3 Å². The summed E-state index contributed by atoms with van der Waals surface area (Å²) in [6, 6.07) is 0. The molecule has 4 aliphatic rings. The Kier molecular flexibility index (Phi) is 15.5. The van der Waals surface area contributed by atoms with Crippen molar-refractivity contribution in [2.75, 3.05) is 0 Å². The first-order valence-electron chi connectivity index (χ1n) is 18.7. The average molecular weight is 633 g/mol. The minimum absolute atomic E-state index is 0.0534. The number of fused-ring (bicyclic) bond motifs is 2. The minimum atomic E-state index is -0.525. The van der Waals surface area contributed by atoms with Gasteiger partial charge in [0.25, 0.3) is 0 Å². The van der Waals surface area contributed by atoms with Crippen molar-refractivity contribution in [2.45, 2.75) is 189 Å². The Balaban J connectivity index is 0.000000289. The van der Waals surface area contributed by atoms with Gasteiger partial charge < -0.3 is 15.3 Å². The lowest BCUT2D eigenvalue weighted by Gasteiger charge is -2.45. The van der Waals surface area contributed by atoms with E-state index in [1.54, 1.807) is 5.57 Å². The van der Waals surface area contributed by atoms with Crippen LogP contribution in [0, 0.1) is 46.3 Å². The van der Waals surface area contributed by atoms with Gasteiger partial charge in [-0.1, -0.05) is 78.4 Å². The number of aliphatic hydroxyl groups excluding tert-OH is 1. The number of hydrogen-bond donors (Lipinski definition) is 3. The van der Waals surface area contributed by atoms with Crippen molar-refractivity contribution in [1.82, 2.24) is 0 Å². The van der Waals surface area contributed by atoms with Crippen molar-refractivity contribution in [3.8, 4) is 0 Å². The van der Waals surface area contributed by atoms with Crippen LogP contribution in [0.5, 0.6) is 0 Å². The number of carbonyl (C=O) groups excluding carboxylic acids is 2. The summed E-state index contributed by atoms with van der Waals surface area (Å²) in [7, 11) is 0. The van der Waals surface area contributed by atoms with Gasteiger partial charge in [0.15, 0.2) is 0 Å². The van der Waals surface area contributed by atoms with Crippen molar-refractivity contribution < 1.29 is 24.9 Å². The van der Waals surface area contributed by atoms with E-state index in [0.29, 0.717) is 16.7 Å². The largest absolute Gasteiger partial charge is 0.393 e. The fourth-order valence-electron chi connectivity index (χ4n) is 10.8. The van der Waals surface area contributed by atoms with Gasteiger partial charge in [-0.15, -0.1) is 0 Å². The summed E-state index contributed by atoms with van der Waals surface area (Å²) in [5, 5.41) is 30.0. The van der Waals surface area contributed by atoms with E-state index in [0.717, 1.165) is 55.3 Å². The third kappa shape index (κ3) is 11.3. The van der Waals surface area contributed by atoms with Crippen LogP contribution in [0.3, 0.4) is 0 Å². The van der Waals surface area contributed by atoms with Crippen LogP contribution in [0.4, 0.5) is 0 Å². The molecular formula is C40H72O5. The summed E-state index contributed by atoms with van der Waals surface area (Å²) >= 11 is 0. The quantitative estimate of drug-likeness (QED) is 0.197. The molecule has 5 heteroatoms. The van der Waals surface area contributed by atoms with Crippen LogP contribution in [0.2, 0.25) is 0 Å². The molecule has 262 valence electrons. The fourth-order valence-corrected chi connectivity index (χ4v) is 10.8. The van der Waals surface area contributed by atoms with E-state index in [1.807, 2.05) is 27.7 Å². The standard InChI is InChI=1S/C21H38O.C18H34O2.CO2/c1-6-9-17-11-8-15-21(5)18(12-13-19(17)21)16(2)10-7-14-20(3,4)22;1-13(7-5-11-17(2,3)20)14-9-10-15-16(19)8-6-12-18(14,15)4;2-1-3/h9,16,18-19,22H,6-8,10-15H2,1-5H3;13-16,19-20H,5-12H2,1-4H3;/b17-9+;;/t16-,18-,19+,21-;13-,14-,15+,16+,18-;/m11./s1. The molecule has 0 aromatic heterocycles. The van der Waals surface area contributed by atoms with Crippen molar-refractivity contribution >= 4 is 6.15 Å². The van der Waals surface area contributed by atoms with Gasteiger partial charge in [-0.3, -0.25) is 0 Å². The number of allylic oxidation sites excluding steroid dienone is 2. The highest BCUT2D eigenvalue weighted by atomic mass is 16.3. The van der Waals surface area contributed by atoms with Crippen LogP contribution >= 0.6 is 0 Å². The molecule has 4 rings (SSSR count). The molecule has 0 spiro atoms. The molecule has 0 aromatic carbocycles. The lowest BCUT2D eigenvalue weighted by Crippen LogP contribution is -2.41. The van der Waals surface area contributed by atoms with Crippen LogP contribution < -0.4 is 0 Å². The van der Waals surface area contributed by atoms with Gasteiger partial charge in [0.2, 0.25) is 0 Å². The summed E-state index contributed by atoms with van der Waals surface area (Å²) in [5.41, 5.74) is 1.67. The highest BCUT2D eigenvalue weighted by Gasteiger charge is 2.52. The highest BCUT2D eigenvalue weighted by Crippen LogP contribution is 2.60. The van der Waals surface area contributed by atoms with Gasteiger partial charge >= 0.3 is 6.15 Å². The fraction of sp³-hybridized carbons (Fsp3) is 0.925. The lowest BCUT2D eigenvalue weighted by atomic mass is 9.60. The maximum absolute atomic E-state index is 10.3. The first-order chi connectivity index (χ1) is 20.9. The zero-order valence-corrected chi connectivity index (χ0v) is 30.8. The number of aliphatic hydroxyl groups is 3. The Hall–Kier alpha value is -1.00. The predicted molar refractivity (Wildman–Crippen MR) is 184 cm³/mol. The summed E-state index contributed by atoms with van der Waals surface area (Å²) < 4.78 is 0. The third-order valence-corrected chi connectivity index (χ3v) is 12.9. The van der Waals surface area contributed by atoms with Crippen molar-refractivity contribution in [2.24, 2.45) is 46.3 Å². The SMILES string of the molecule is CC/C=C1\CCC[C@]2(C)[C@@H]([C@H](C)CCCC(C)(C)O)CC[C@@H]12.C[C@H](CCCC(C)(C)O)[C@H]1CC[C@H]2[C@@H](O)CCC[C@]12C.O=C=O. The maximum atomic E-state index is 10.3. The average Bonchev–Trinajstić information content (AvgIpc) is 3.46. The topological polar surface area (TPSA) is 94.8 Å². The molecule has 5 nitrogen and oxygen atoms in total. The van der Waals surface area contributed by atoms with Crippen LogP contribution in [-0.2, 0) is 9.59 Å². The van der Waals surface area contributed by atoms with E-state index in [4.69, 9.17) is 9.59 Å². The first-order valence-corrected chi connectivity index (χ1v) is 18.7. The summed E-state index contributed by atoms with van der Waals surface area (Å²) in [5.74, 6) is 4.58. The molecule has 0 bridgehead atoms. The van der Waals surface area contributed by atoms with Gasteiger partial charge in [0.1, 0.15) is 0 Å². The second kappa shape index (κ2) is 17.4. The molecule has 4 fully saturated rings. The van der Waals surface area contributed by atoms with Crippen molar-refractivity contribution in [1.29, 1.82) is 0 Å². The molecule has 0 radical (unpaired) electrons. The molecular weight excluding hydrogens is 560 g/mol. The number of rotatable bonds is 11. The highest BCUT2D eigenvalue weighted by molar-refractivity contribution is 5.20. The molecule has 9 atom stereocenters. The van der Waals surface area contributed by atoms with E-state index in [2.05, 4.69) is 40.7 Å². The van der Waals surface area contributed by atoms with Gasteiger partial charge in [0.05, 0.1) is 17.3 Å². The van der Waals surface area contributed by atoms with E-state index in [1.165, 1.54) is 83.5 Å². The molecule has 0 aromatic rings. The molecule has 0 amide bonds. The predicted octanol–water partition coefficient (Wildman–Crippen LogP) is 9.67. The first kappa shape index (κ1) is 40.2. The van der Waals surface area contributed by atoms with Crippen LogP contribution in [0.25, 0.3) is 0 Å². The normalized spacial score (nSPS) is 35.2. The lowest BCUT2D eigenvalue weighted by molar-refractivity contribution is -0.191. The molecule has 0 unspecified atom stereocenters. The second-order valence-corrected chi connectivity index (χ2v) is 17.5. The summed E-state index contributed by atoms with van der Waals surface area (Å²) in [6.45, 7) is 19.9. The zero-order chi connectivity index (χ0) is 34.1. The number of hydrogen-bond acceptors (Lipinski definition) is 5. The summed E-state index contributed by atoms with van der Waals surface area (Å²) in [6.07, 6.45) is 23.6. The molecule has 3 N–H and O–H groups in total. The molecule has 4 aliphatic carbocycles. The second-order valence-electron chi connectivity index (χ2n) is 17.5. The van der Waals surface area contributed by atoms with E-state index >= 15 is 0 Å². The van der Waals surface area contributed by atoms with Gasteiger partial charge in [0, 0.05) is 0 Å². The van der Waals surface area contributed by atoms with E-state index in [-0.39, 0.29) is 12.3 Å². The summed E-state index contributed by atoms with van der Waals surface area (Å²) in [4.78, 5) is 16.2. The third-order valence-electron chi connectivity index (χ3n) is 12.9. The van der Waals surface area contributed by atoms with Crippen LogP contribution in [0.1, 0.15) is 171 Å². The van der Waals surface area contributed by atoms with Crippen LogP contribution in [0.15, 0.2) is 11.6 Å². The Morgan fingerprint density at radius 2 is 1.31 bits per heavy atom. The Morgan fingerprint density at radius 3 is 1.82 bits per heavy atom. The smallest absolute Gasteiger partial charge is 0.373 e. The van der Waals surface area contributed by atoms with Gasteiger partial charge in [-0.05, 0) is 151 Å². The van der Waals surface area contributed by atoms with Gasteiger partial charge in [-0.2, -0.15) is 9.59 Å². The van der Waals surface area contributed by atoms with Crippen molar-refractivity contribution in [3.63, 3.8) is 0 Å². The van der Waals surface area contributed by atoms with Crippen LogP contribution in [-0.4, -0.2) is 38.8 Å². The molecule has 0 saturated heterocycles. The zero-order valence-electron chi connectivity index (χ0n) is 30.8. The Bertz CT molecular complexity index is 937. The van der Waals surface area contributed by atoms with Gasteiger partial charge in [-0.25, -0.2) is 0 Å². The molecule has 0 aliphatic heterocycles.